The van der Waals surface area contributed by atoms with E-state index in [0.29, 0.717) is 5.92 Å². The molecule has 0 amide bonds. The number of fused-ring (bicyclic) bond motifs is 1. The van der Waals surface area contributed by atoms with E-state index in [1.807, 2.05) is 13.1 Å². The van der Waals surface area contributed by atoms with Gasteiger partial charge in [-0.1, -0.05) is 13.8 Å². The summed E-state index contributed by atoms with van der Waals surface area (Å²) >= 11 is 0. The molecule has 0 fully saturated rings. The Balaban J connectivity index is 0.000000386. The van der Waals surface area contributed by atoms with E-state index >= 15 is 0 Å². The van der Waals surface area contributed by atoms with Crippen LogP contribution in [-0.4, -0.2) is 20.5 Å². The highest BCUT2D eigenvalue weighted by molar-refractivity contribution is 5.39. The van der Waals surface area contributed by atoms with Crippen LogP contribution in [0.5, 0.6) is 0 Å². The fraction of sp³-hybridized carbons (Fsp3) is 0.364. The van der Waals surface area contributed by atoms with Gasteiger partial charge in [-0.25, -0.2) is 4.98 Å². The van der Waals surface area contributed by atoms with Crippen molar-refractivity contribution < 1.29 is 9.59 Å². The Bertz CT molecular complexity index is 511. The summed E-state index contributed by atoms with van der Waals surface area (Å²) in [7, 11) is 0. The van der Waals surface area contributed by atoms with Gasteiger partial charge >= 0.3 is 6.15 Å². The molecular weight excluding hydrogens is 206 g/mol. The SMILES string of the molecule is Cc1cncc2nc(C(C)C)cn12.O=C=O. The lowest BCUT2D eigenvalue weighted by Gasteiger charge is -1.96. The zero-order chi connectivity index (χ0) is 12.1. The molecule has 0 spiro atoms. The van der Waals surface area contributed by atoms with Gasteiger partial charge in [0.25, 0.3) is 0 Å². The van der Waals surface area contributed by atoms with Gasteiger partial charge in [-0.2, -0.15) is 9.59 Å². The molecular formula is C11H13N3O2. The minimum atomic E-state index is 0.250. The first kappa shape index (κ1) is 12.1. The van der Waals surface area contributed by atoms with Gasteiger partial charge in [-0.3, -0.25) is 4.98 Å². The van der Waals surface area contributed by atoms with Crippen molar-refractivity contribution in [3.63, 3.8) is 0 Å². The Morgan fingerprint density at radius 2 is 1.94 bits per heavy atom. The number of imidazole rings is 1. The molecule has 2 aromatic rings. The van der Waals surface area contributed by atoms with Crippen molar-refractivity contribution in [2.24, 2.45) is 0 Å². The molecule has 5 nitrogen and oxygen atoms in total. The lowest BCUT2D eigenvalue weighted by molar-refractivity contribution is -0.191. The van der Waals surface area contributed by atoms with Crippen LogP contribution in [0.1, 0.15) is 31.2 Å². The minimum Gasteiger partial charge on any atom is -0.301 e. The zero-order valence-electron chi connectivity index (χ0n) is 9.47. The quantitative estimate of drug-likeness (QED) is 0.730. The van der Waals surface area contributed by atoms with Crippen LogP contribution >= 0.6 is 0 Å². The second kappa shape index (κ2) is 5.19. The molecule has 2 aromatic heterocycles. The molecule has 84 valence electrons. The van der Waals surface area contributed by atoms with Crippen LogP contribution in [0.4, 0.5) is 0 Å². The van der Waals surface area contributed by atoms with Crippen LogP contribution < -0.4 is 0 Å². The van der Waals surface area contributed by atoms with E-state index in [0.717, 1.165) is 17.0 Å². The molecule has 0 aliphatic heterocycles. The standard InChI is InChI=1S/C10H13N3.CO2/c1-7(2)9-6-13-8(3)4-11-5-10(13)12-9;2-1-3/h4-7H,1-3H3;. The topological polar surface area (TPSA) is 64.3 Å². The van der Waals surface area contributed by atoms with Crippen molar-refractivity contribution in [3.8, 4) is 0 Å². The van der Waals surface area contributed by atoms with Crippen molar-refractivity contribution in [2.75, 3.05) is 0 Å². The maximum absolute atomic E-state index is 8.12. The largest absolute Gasteiger partial charge is 0.373 e. The highest BCUT2D eigenvalue weighted by Gasteiger charge is 2.05. The van der Waals surface area contributed by atoms with E-state index in [-0.39, 0.29) is 6.15 Å². The number of hydrogen-bond donors (Lipinski definition) is 0. The molecule has 0 aromatic carbocycles. The summed E-state index contributed by atoms with van der Waals surface area (Å²) in [6.45, 7) is 6.32. The van der Waals surface area contributed by atoms with Crippen molar-refractivity contribution in [1.82, 2.24) is 14.4 Å². The van der Waals surface area contributed by atoms with Gasteiger partial charge in [0.05, 0.1) is 11.9 Å². The maximum atomic E-state index is 8.12. The van der Waals surface area contributed by atoms with E-state index in [2.05, 4.69) is 34.4 Å². The Morgan fingerprint density at radius 3 is 2.44 bits per heavy atom. The molecule has 0 saturated heterocycles. The third kappa shape index (κ3) is 2.52. The number of rotatable bonds is 1. The number of aryl methyl sites for hydroxylation is 1. The van der Waals surface area contributed by atoms with E-state index in [9.17, 15) is 0 Å². The molecule has 2 rings (SSSR count). The third-order valence-corrected chi connectivity index (χ3v) is 2.17. The smallest absolute Gasteiger partial charge is 0.301 e. The molecule has 0 unspecified atom stereocenters. The van der Waals surface area contributed by atoms with Gasteiger partial charge < -0.3 is 4.40 Å². The predicted octanol–water partition coefficient (Wildman–Crippen LogP) is 1.58. The number of carbonyl (C=O) groups excluding carboxylic acids is 2. The van der Waals surface area contributed by atoms with Crippen molar-refractivity contribution in [3.05, 3.63) is 30.0 Å². The summed E-state index contributed by atoms with van der Waals surface area (Å²) < 4.78 is 2.07. The van der Waals surface area contributed by atoms with Gasteiger partial charge in [0.2, 0.25) is 0 Å². The maximum Gasteiger partial charge on any atom is 0.373 e. The summed E-state index contributed by atoms with van der Waals surface area (Å²) in [6, 6.07) is 0. The average Bonchev–Trinajstić information content (AvgIpc) is 2.64. The molecule has 0 radical (unpaired) electrons. The number of nitrogens with zero attached hydrogens (tertiary/aromatic N) is 3. The normalized spacial score (nSPS) is 9.75. The number of hydrogen-bond acceptors (Lipinski definition) is 4. The van der Waals surface area contributed by atoms with E-state index < -0.39 is 0 Å². The molecule has 0 aliphatic rings. The highest BCUT2D eigenvalue weighted by Crippen LogP contribution is 2.14. The highest BCUT2D eigenvalue weighted by atomic mass is 16.2. The van der Waals surface area contributed by atoms with Crippen molar-refractivity contribution >= 4 is 11.8 Å². The van der Waals surface area contributed by atoms with Gasteiger partial charge in [0, 0.05) is 18.1 Å². The van der Waals surface area contributed by atoms with Crippen LogP contribution in [0.2, 0.25) is 0 Å². The first-order chi connectivity index (χ1) is 7.60. The molecule has 2 heterocycles. The van der Waals surface area contributed by atoms with Crippen LogP contribution in [-0.2, 0) is 9.59 Å². The summed E-state index contributed by atoms with van der Waals surface area (Å²) in [5, 5.41) is 0. The van der Waals surface area contributed by atoms with E-state index in [4.69, 9.17) is 9.59 Å². The Kier molecular flexibility index (Phi) is 3.91. The molecule has 0 saturated carbocycles. The molecule has 0 atom stereocenters. The molecule has 16 heavy (non-hydrogen) atoms. The van der Waals surface area contributed by atoms with Crippen molar-refractivity contribution in [1.29, 1.82) is 0 Å². The zero-order valence-corrected chi connectivity index (χ0v) is 9.47. The van der Waals surface area contributed by atoms with Crippen molar-refractivity contribution in [2.45, 2.75) is 26.7 Å². The van der Waals surface area contributed by atoms with Crippen LogP contribution in [0.15, 0.2) is 18.6 Å². The lowest BCUT2D eigenvalue weighted by Crippen LogP contribution is -1.89. The fourth-order valence-corrected chi connectivity index (χ4v) is 1.34. The Morgan fingerprint density at radius 1 is 1.31 bits per heavy atom. The van der Waals surface area contributed by atoms with E-state index in [1.165, 1.54) is 0 Å². The van der Waals surface area contributed by atoms with Gasteiger partial charge in [0.15, 0.2) is 5.65 Å². The second-order valence-electron chi connectivity index (χ2n) is 3.68. The average molecular weight is 219 g/mol. The summed E-state index contributed by atoms with van der Waals surface area (Å²) in [4.78, 5) is 24.8. The number of aromatic nitrogens is 3. The first-order valence-corrected chi connectivity index (χ1v) is 4.89. The molecule has 0 N–H and O–H groups in total. The summed E-state index contributed by atoms with van der Waals surface area (Å²) in [5.74, 6) is 0.472. The first-order valence-electron chi connectivity index (χ1n) is 4.89. The van der Waals surface area contributed by atoms with Crippen LogP contribution in [0, 0.1) is 6.92 Å². The third-order valence-electron chi connectivity index (χ3n) is 2.17. The summed E-state index contributed by atoms with van der Waals surface area (Å²) in [6.07, 6.45) is 5.97. The predicted molar refractivity (Wildman–Crippen MR) is 56.8 cm³/mol. The minimum absolute atomic E-state index is 0.250. The van der Waals surface area contributed by atoms with Crippen LogP contribution in [0.3, 0.4) is 0 Å². The van der Waals surface area contributed by atoms with Gasteiger partial charge in [-0.05, 0) is 12.8 Å². The lowest BCUT2D eigenvalue weighted by atomic mass is 10.2. The van der Waals surface area contributed by atoms with Gasteiger partial charge in [-0.15, -0.1) is 0 Å². The van der Waals surface area contributed by atoms with E-state index in [1.54, 1.807) is 6.20 Å². The fourth-order valence-electron chi connectivity index (χ4n) is 1.34. The monoisotopic (exact) mass is 219 g/mol. The molecule has 0 bridgehead atoms. The Labute approximate surface area is 93.1 Å². The van der Waals surface area contributed by atoms with Crippen LogP contribution in [0.25, 0.3) is 5.65 Å². The molecule has 0 aliphatic carbocycles. The molecule has 5 heteroatoms. The summed E-state index contributed by atoms with van der Waals surface area (Å²) in [5.41, 5.74) is 3.18. The Hall–Kier alpha value is -2.00. The second-order valence-corrected chi connectivity index (χ2v) is 3.68. The van der Waals surface area contributed by atoms with Gasteiger partial charge in [0.1, 0.15) is 0 Å².